The van der Waals surface area contributed by atoms with Crippen molar-refractivity contribution in [3.05, 3.63) is 29.3 Å². The Balaban J connectivity index is 3.40. The number of aliphatic hydroxyl groups is 1. The van der Waals surface area contributed by atoms with Crippen LogP contribution in [-0.2, 0) is 23.9 Å². The minimum Gasteiger partial charge on any atom is -0.507 e. The number of unbranched alkanes of at least 4 members (excludes halogenated alkanes) is 2. The van der Waals surface area contributed by atoms with Crippen LogP contribution in [0, 0.1) is 6.92 Å². The number of nitrogens with zero attached hydrogens (tertiary/aromatic N) is 1. The largest absolute Gasteiger partial charge is 0.507 e. The molecule has 214 valence electrons. The van der Waals surface area contributed by atoms with Crippen LogP contribution in [0.25, 0.3) is 0 Å². The van der Waals surface area contributed by atoms with E-state index in [-0.39, 0.29) is 37.4 Å². The predicted octanol–water partition coefficient (Wildman–Crippen LogP) is 2.72. The number of rotatable bonds is 14. The number of para-hydroxylation sites is 1. The normalized spacial score (nSPS) is 12.7. The van der Waals surface area contributed by atoms with Gasteiger partial charge in [0.1, 0.15) is 23.4 Å². The van der Waals surface area contributed by atoms with E-state index >= 15 is 0 Å². The Kier molecular flexibility index (Phi) is 13.6. The molecule has 4 N–H and O–H groups in total. The molecule has 3 amide bonds. The van der Waals surface area contributed by atoms with Gasteiger partial charge in [0, 0.05) is 18.7 Å². The second-order valence-corrected chi connectivity index (χ2v) is 9.88. The summed E-state index contributed by atoms with van der Waals surface area (Å²) >= 11 is 0. The highest BCUT2D eigenvalue weighted by Crippen LogP contribution is 2.32. The number of phenolic OH excluding ortho intramolecular Hbond substituents is 1. The average molecular weight is 538 g/mol. The number of hydrogen-bond donors (Lipinski definition) is 4. The Morgan fingerprint density at radius 2 is 1.79 bits per heavy atom. The van der Waals surface area contributed by atoms with Crippen molar-refractivity contribution in [2.75, 3.05) is 26.3 Å². The SMILES string of the molecule is CCCCCN(C(=O)C(CO)NC(=O)OC(C)(C)C)C(C(=O)NCCC(=O)OCC)c1cccc(C)c1O. The van der Waals surface area contributed by atoms with Crippen LogP contribution in [0.3, 0.4) is 0 Å². The van der Waals surface area contributed by atoms with Gasteiger partial charge in [0.05, 0.1) is 19.6 Å². The van der Waals surface area contributed by atoms with Crippen LogP contribution in [0.2, 0.25) is 0 Å². The second-order valence-electron chi connectivity index (χ2n) is 9.88. The van der Waals surface area contributed by atoms with Gasteiger partial charge in [-0.1, -0.05) is 38.0 Å². The van der Waals surface area contributed by atoms with Crippen LogP contribution in [0.1, 0.15) is 77.5 Å². The smallest absolute Gasteiger partial charge is 0.408 e. The van der Waals surface area contributed by atoms with Crippen molar-refractivity contribution in [2.24, 2.45) is 0 Å². The molecule has 0 aromatic heterocycles. The van der Waals surface area contributed by atoms with Crippen molar-refractivity contribution < 1.29 is 38.9 Å². The average Bonchev–Trinajstić information content (AvgIpc) is 2.83. The summed E-state index contributed by atoms with van der Waals surface area (Å²) in [5.74, 6) is -2.00. The van der Waals surface area contributed by atoms with Crippen LogP contribution >= 0.6 is 0 Å². The molecule has 0 saturated carbocycles. The first-order chi connectivity index (χ1) is 17.9. The van der Waals surface area contributed by atoms with Gasteiger partial charge < -0.3 is 35.2 Å². The third kappa shape index (κ3) is 10.6. The summed E-state index contributed by atoms with van der Waals surface area (Å²) in [4.78, 5) is 52.6. The topological polar surface area (TPSA) is 154 Å². The molecule has 0 spiro atoms. The first kappa shape index (κ1) is 32.7. The summed E-state index contributed by atoms with van der Waals surface area (Å²) in [7, 11) is 0. The molecular formula is C27H43N3O8. The van der Waals surface area contributed by atoms with Gasteiger partial charge in [-0.15, -0.1) is 0 Å². The summed E-state index contributed by atoms with van der Waals surface area (Å²) < 4.78 is 10.1. The fourth-order valence-electron chi connectivity index (χ4n) is 3.70. The minimum atomic E-state index is -1.40. The number of hydrogen-bond acceptors (Lipinski definition) is 8. The predicted molar refractivity (Wildman–Crippen MR) is 141 cm³/mol. The Bertz CT molecular complexity index is 945. The molecule has 38 heavy (non-hydrogen) atoms. The maximum Gasteiger partial charge on any atom is 0.408 e. The molecule has 0 bridgehead atoms. The molecule has 0 heterocycles. The van der Waals surface area contributed by atoms with Crippen molar-refractivity contribution in [3.8, 4) is 5.75 Å². The number of aryl methyl sites for hydroxylation is 1. The van der Waals surface area contributed by atoms with E-state index in [0.29, 0.717) is 12.0 Å². The molecule has 0 fully saturated rings. The maximum atomic E-state index is 13.7. The standard InChI is InChI=1S/C27H43N3O8/c1-7-9-10-16-30(25(35)20(17-31)29-26(36)38-27(4,5)6)22(19-13-11-12-18(3)23(19)33)24(34)28-15-14-21(32)37-8-2/h11-13,20,22,31,33H,7-10,14-17H2,1-6H3,(H,28,34)(H,29,36). The van der Waals surface area contributed by atoms with Crippen molar-refractivity contribution in [1.82, 2.24) is 15.5 Å². The van der Waals surface area contributed by atoms with E-state index < -0.39 is 48.2 Å². The van der Waals surface area contributed by atoms with Gasteiger partial charge in [-0.2, -0.15) is 0 Å². The highest BCUT2D eigenvalue weighted by Gasteiger charge is 2.37. The Morgan fingerprint density at radius 3 is 2.37 bits per heavy atom. The van der Waals surface area contributed by atoms with E-state index in [9.17, 15) is 29.4 Å². The number of alkyl carbamates (subject to hydrolysis) is 1. The van der Waals surface area contributed by atoms with Gasteiger partial charge in [0.15, 0.2) is 0 Å². The number of amides is 3. The Morgan fingerprint density at radius 1 is 1.11 bits per heavy atom. The van der Waals surface area contributed by atoms with Gasteiger partial charge in [-0.05, 0) is 46.6 Å². The molecular weight excluding hydrogens is 494 g/mol. The third-order valence-electron chi connectivity index (χ3n) is 5.51. The fourth-order valence-corrected chi connectivity index (χ4v) is 3.70. The number of phenols is 1. The van der Waals surface area contributed by atoms with E-state index in [4.69, 9.17) is 9.47 Å². The zero-order valence-corrected chi connectivity index (χ0v) is 23.3. The van der Waals surface area contributed by atoms with Crippen LogP contribution in [0.15, 0.2) is 18.2 Å². The number of benzene rings is 1. The van der Waals surface area contributed by atoms with Gasteiger partial charge in [-0.3, -0.25) is 14.4 Å². The summed E-state index contributed by atoms with van der Waals surface area (Å²) in [6, 6.07) is 2.16. The first-order valence-corrected chi connectivity index (χ1v) is 13.0. The lowest BCUT2D eigenvalue weighted by Gasteiger charge is -2.34. The zero-order valence-electron chi connectivity index (χ0n) is 23.3. The van der Waals surface area contributed by atoms with Crippen LogP contribution in [0.4, 0.5) is 4.79 Å². The van der Waals surface area contributed by atoms with Crippen molar-refractivity contribution in [3.63, 3.8) is 0 Å². The molecule has 1 aromatic carbocycles. The molecule has 0 aliphatic rings. The third-order valence-corrected chi connectivity index (χ3v) is 5.51. The van der Waals surface area contributed by atoms with Crippen molar-refractivity contribution >= 4 is 23.9 Å². The fraction of sp³-hybridized carbons (Fsp3) is 0.630. The number of esters is 1. The van der Waals surface area contributed by atoms with E-state index in [0.717, 1.165) is 12.8 Å². The monoisotopic (exact) mass is 537 g/mol. The van der Waals surface area contributed by atoms with E-state index in [1.807, 2.05) is 6.92 Å². The number of nitrogens with one attached hydrogen (secondary N) is 2. The molecule has 11 heteroatoms. The molecule has 11 nitrogen and oxygen atoms in total. The Labute approximate surface area is 224 Å². The number of ether oxygens (including phenoxy) is 2. The lowest BCUT2D eigenvalue weighted by atomic mass is 9.99. The van der Waals surface area contributed by atoms with E-state index in [2.05, 4.69) is 10.6 Å². The summed E-state index contributed by atoms with van der Waals surface area (Å²) in [6.45, 7) is 9.86. The van der Waals surface area contributed by atoms with Gasteiger partial charge in [0.25, 0.3) is 0 Å². The molecule has 2 unspecified atom stereocenters. The number of aliphatic hydroxyl groups excluding tert-OH is 1. The lowest BCUT2D eigenvalue weighted by Crippen LogP contribution is -2.54. The molecule has 1 rings (SSSR count). The Hall–Kier alpha value is -3.34. The minimum absolute atomic E-state index is 0.0443. The van der Waals surface area contributed by atoms with E-state index in [1.165, 1.54) is 11.0 Å². The van der Waals surface area contributed by atoms with Gasteiger partial charge in [0.2, 0.25) is 11.8 Å². The van der Waals surface area contributed by atoms with Gasteiger partial charge >= 0.3 is 12.1 Å². The molecule has 0 aliphatic carbocycles. The summed E-state index contributed by atoms with van der Waals surface area (Å²) in [6.07, 6.45) is 1.16. The van der Waals surface area contributed by atoms with E-state index in [1.54, 1.807) is 46.8 Å². The lowest BCUT2D eigenvalue weighted by molar-refractivity contribution is -0.144. The van der Waals surface area contributed by atoms with Crippen LogP contribution in [0.5, 0.6) is 5.75 Å². The van der Waals surface area contributed by atoms with Crippen molar-refractivity contribution in [2.45, 2.75) is 84.9 Å². The second kappa shape index (κ2) is 15.8. The summed E-state index contributed by atoms with van der Waals surface area (Å²) in [5, 5.41) is 25.9. The van der Waals surface area contributed by atoms with Crippen LogP contribution in [-0.4, -0.2) is 76.9 Å². The van der Waals surface area contributed by atoms with Crippen LogP contribution < -0.4 is 10.6 Å². The molecule has 0 saturated heterocycles. The number of carbonyl (C=O) groups excluding carboxylic acids is 4. The quantitative estimate of drug-likeness (QED) is 0.209. The molecule has 0 aliphatic heterocycles. The first-order valence-electron chi connectivity index (χ1n) is 13.0. The highest BCUT2D eigenvalue weighted by molar-refractivity contribution is 5.92. The molecule has 1 aromatic rings. The maximum absolute atomic E-state index is 13.7. The molecule has 0 radical (unpaired) electrons. The number of aromatic hydroxyl groups is 1. The van der Waals surface area contributed by atoms with Gasteiger partial charge in [-0.25, -0.2) is 4.79 Å². The van der Waals surface area contributed by atoms with Crippen molar-refractivity contribution in [1.29, 1.82) is 0 Å². The zero-order chi connectivity index (χ0) is 28.9. The summed E-state index contributed by atoms with van der Waals surface area (Å²) in [5.41, 5.74) is -0.154. The highest BCUT2D eigenvalue weighted by atomic mass is 16.6. The number of carbonyl (C=O) groups is 4. The molecule has 2 atom stereocenters.